The zero-order valence-corrected chi connectivity index (χ0v) is 10.5. The molecular weight excluding hydrogens is 280 g/mol. The molecule has 19 heavy (non-hydrogen) atoms. The van der Waals surface area contributed by atoms with Crippen LogP contribution in [0.3, 0.4) is 0 Å². The van der Waals surface area contributed by atoms with Crippen LogP contribution in [-0.4, -0.2) is 31.3 Å². The summed E-state index contributed by atoms with van der Waals surface area (Å²) in [6.45, 7) is 0.0139. The zero-order chi connectivity index (χ0) is 14.2. The van der Waals surface area contributed by atoms with Crippen LogP contribution in [0, 0.1) is 11.6 Å². The first-order valence-corrected chi connectivity index (χ1v) is 6.96. The van der Waals surface area contributed by atoms with E-state index in [9.17, 15) is 27.1 Å². The fourth-order valence-corrected chi connectivity index (χ4v) is 3.70. The zero-order valence-electron chi connectivity index (χ0n) is 9.68. The van der Waals surface area contributed by atoms with Crippen LogP contribution in [0.4, 0.5) is 8.78 Å². The molecule has 5 nitrogen and oxygen atoms in total. The summed E-state index contributed by atoms with van der Waals surface area (Å²) in [5.74, 6) is -3.97. The van der Waals surface area contributed by atoms with Gasteiger partial charge in [-0.3, -0.25) is 0 Å². The van der Waals surface area contributed by atoms with Gasteiger partial charge in [0.15, 0.2) is 11.6 Å². The van der Waals surface area contributed by atoms with Gasteiger partial charge in [0.2, 0.25) is 10.0 Å². The molecule has 1 heterocycles. The highest BCUT2D eigenvalue weighted by Gasteiger charge is 2.36. The van der Waals surface area contributed by atoms with Gasteiger partial charge in [-0.1, -0.05) is 0 Å². The number of carboxylic acid groups (broad SMARTS) is 1. The minimum atomic E-state index is -4.17. The molecule has 0 amide bonds. The van der Waals surface area contributed by atoms with Crippen LogP contribution < -0.4 is 5.11 Å². The summed E-state index contributed by atoms with van der Waals surface area (Å²) in [7, 11) is -4.17. The molecule has 1 aliphatic rings. The summed E-state index contributed by atoms with van der Waals surface area (Å²) in [6, 6.07) is 0.859. The standard InChI is InChI=1S/C11H11F2NO4S/c12-8-4-3-7(6-9(8)13)19(17,18)14-5-1-2-10(14)11(15)16/h3-4,6,10H,1-2,5H2,(H,15,16)/p-1/t10-/m1/s1. The quantitative estimate of drug-likeness (QED) is 0.777. The number of halogens is 2. The van der Waals surface area contributed by atoms with Crippen molar-refractivity contribution in [2.45, 2.75) is 23.8 Å². The average Bonchev–Trinajstić information content (AvgIpc) is 2.82. The van der Waals surface area contributed by atoms with Crippen molar-refractivity contribution in [3.05, 3.63) is 29.8 Å². The van der Waals surface area contributed by atoms with Crippen LogP contribution in [0.1, 0.15) is 12.8 Å². The van der Waals surface area contributed by atoms with Gasteiger partial charge in [-0.2, -0.15) is 4.31 Å². The Kier molecular flexibility index (Phi) is 3.55. The van der Waals surface area contributed by atoms with E-state index in [2.05, 4.69) is 0 Å². The molecule has 0 saturated carbocycles. The lowest BCUT2D eigenvalue weighted by atomic mass is 10.2. The predicted octanol–water partition coefficient (Wildman–Crippen LogP) is -0.132. The summed E-state index contributed by atoms with van der Waals surface area (Å²) in [4.78, 5) is 10.4. The van der Waals surface area contributed by atoms with Crippen LogP contribution in [0.2, 0.25) is 0 Å². The first kappa shape index (κ1) is 13.9. The number of nitrogens with zero attached hydrogens (tertiary/aromatic N) is 1. The molecule has 0 aliphatic carbocycles. The first-order valence-electron chi connectivity index (χ1n) is 5.52. The van der Waals surface area contributed by atoms with E-state index in [0.29, 0.717) is 18.6 Å². The predicted molar refractivity (Wildman–Crippen MR) is 58.3 cm³/mol. The van der Waals surface area contributed by atoms with E-state index in [1.165, 1.54) is 0 Å². The van der Waals surface area contributed by atoms with Crippen LogP contribution in [0.25, 0.3) is 0 Å². The topological polar surface area (TPSA) is 77.5 Å². The molecule has 1 fully saturated rings. The molecule has 1 saturated heterocycles. The smallest absolute Gasteiger partial charge is 0.243 e. The largest absolute Gasteiger partial charge is 0.548 e. The fraction of sp³-hybridized carbons (Fsp3) is 0.364. The van der Waals surface area contributed by atoms with Crippen molar-refractivity contribution in [1.82, 2.24) is 4.31 Å². The highest BCUT2D eigenvalue weighted by atomic mass is 32.2. The minimum Gasteiger partial charge on any atom is -0.548 e. The van der Waals surface area contributed by atoms with Crippen molar-refractivity contribution >= 4 is 16.0 Å². The van der Waals surface area contributed by atoms with E-state index in [1.54, 1.807) is 0 Å². The number of hydrogen-bond acceptors (Lipinski definition) is 4. The highest BCUT2D eigenvalue weighted by Crippen LogP contribution is 2.26. The van der Waals surface area contributed by atoms with Gasteiger partial charge in [0.1, 0.15) is 0 Å². The van der Waals surface area contributed by atoms with Gasteiger partial charge < -0.3 is 9.90 Å². The van der Waals surface area contributed by atoms with Crippen LogP contribution in [-0.2, 0) is 14.8 Å². The number of carboxylic acids is 1. The fourth-order valence-electron chi connectivity index (χ4n) is 2.04. The molecule has 1 aromatic carbocycles. The van der Waals surface area contributed by atoms with E-state index in [-0.39, 0.29) is 13.0 Å². The van der Waals surface area contributed by atoms with Gasteiger partial charge in [-0.25, -0.2) is 17.2 Å². The van der Waals surface area contributed by atoms with E-state index >= 15 is 0 Å². The second kappa shape index (κ2) is 4.86. The van der Waals surface area contributed by atoms with Gasteiger partial charge in [0.25, 0.3) is 0 Å². The van der Waals surface area contributed by atoms with Gasteiger partial charge in [0.05, 0.1) is 16.9 Å². The Bertz CT molecular complexity index is 617. The molecule has 0 radical (unpaired) electrons. The van der Waals surface area contributed by atoms with Crippen LogP contribution in [0.5, 0.6) is 0 Å². The summed E-state index contributed by atoms with van der Waals surface area (Å²) < 4.78 is 50.9. The number of benzene rings is 1. The third-order valence-corrected chi connectivity index (χ3v) is 4.88. The molecule has 104 valence electrons. The molecule has 1 atom stereocenters. The monoisotopic (exact) mass is 290 g/mol. The van der Waals surface area contributed by atoms with Crippen molar-refractivity contribution < 1.29 is 27.1 Å². The molecule has 0 unspecified atom stereocenters. The van der Waals surface area contributed by atoms with Gasteiger partial charge in [0, 0.05) is 6.54 Å². The molecule has 8 heteroatoms. The van der Waals surface area contributed by atoms with Crippen molar-refractivity contribution in [3.8, 4) is 0 Å². The Balaban J connectivity index is 2.42. The van der Waals surface area contributed by atoms with Gasteiger partial charge in [-0.05, 0) is 31.0 Å². The maximum Gasteiger partial charge on any atom is 0.243 e. The number of aliphatic carboxylic acids is 1. The normalized spacial score (nSPS) is 20.6. The number of rotatable bonds is 3. The first-order chi connectivity index (χ1) is 8.84. The molecule has 0 spiro atoms. The third kappa shape index (κ3) is 2.45. The summed E-state index contributed by atoms with van der Waals surface area (Å²) >= 11 is 0. The van der Waals surface area contributed by atoms with E-state index in [4.69, 9.17) is 0 Å². The maximum absolute atomic E-state index is 13.1. The average molecular weight is 290 g/mol. The summed E-state index contributed by atoms with van der Waals surface area (Å²) in [5.41, 5.74) is 0. The Morgan fingerprint density at radius 3 is 2.58 bits per heavy atom. The molecule has 0 bridgehead atoms. The number of sulfonamides is 1. The number of carbonyl (C=O) groups excluding carboxylic acids is 1. The van der Waals surface area contributed by atoms with Crippen molar-refractivity contribution in [2.24, 2.45) is 0 Å². The second-order valence-corrected chi connectivity index (χ2v) is 6.06. The van der Waals surface area contributed by atoms with Crippen LogP contribution in [0.15, 0.2) is 23.1 Å². The Morgan fingerprint density at radius 1 is 1.32 bits per heavy atom. The molecule has 0 N–H and O–H groups in total. The summed E-state index contributed by atoms with van der Waals surface area (Å²) in [5, 5.41) is 10.9. The lowest BCUT2D eigenvalue weighted by Crippen LogP contribution is -2.46. The number of hydrogen-bond donors (Lipinski definition) is 0. The van der Waals surface area contributed by atoms with Gasteiger partial charge in [-0.15, -0.1) is 0 Å². The van der Waals surface area contributed by atoms with Crippen LogP contribution >= 0.6 is 0 Å². The molecule has 0 aromatic heterocycles. The molecular formula is C11H10F2NO4S-. The lowest BCUT2D eigenvalue weighted by molar-refractivity contribution is -0.309. The highest BCUT2D eigenvalue weighted by molar-refractivity contribution is 7.89. The van der Waals surface area contributed by atoms with E-state index in [0.717, 1.165) is 10.4 Å². The number of carbonyl (C=O) groups is 1. The maximum atomic E-state index is 13.1. The van der Waals surface area contributed by atoms with Crippen molar-refractivity contribution in [1.29, 1.82) is 0 Å². The molecule has 1 aromatic rings. The Labute approximate surface area is 108 Å². The molecule has 2 rings (SSSR count). The van der Waals surface area contributed by atoms with Crippen molar-refractivity contribution in [2.75, 3.05) is 6.54 Å². The van der Waals surface area contributed by atoms with E-state index < -0.39 is 38.6 Å². The Morgan fingerprint density at radius 2 is 2.00 bits per heavy atom. The summed E-state index contributed by atoms with van der Waals surface area (Å²) in [6.07, 6.45) is 0.521. The molecule has 1 aliphatic heterocycles. The SMILES string of the molecule is O=C([O-])[C@H]1CCCN1S(=O)(=O)c1ccc(F)c(F)c1. The third-order valence-electron chi connectivity index (χ3n) is 2.97. The Hall–Kier alpha value is -1.54. The van der Waals surface area contributed by atoms with Gasteiger partial charge >= 0.3 is 0 Å². The minimum absolute atomic E-state index is 0.0139. The van der Waals surface area contributed by atoms with Crippen molar-refractivity contribution in [3.63, 3.8) is 0 Å². The van der Waals surface area contributed by atoms with E-state index in [1.807, 2.05) is 0 Å². The second-order valence-electron chi connectivity index (χ2n) is 4.17. The lowest BCUT2D eigenvalue weighted by Gasteiger charge is -2.24.